The van der Waals surface area contributed by atoms with Crippen molar-refractivity contribution in [3.8, 4) is 0 Å². The minimum absolute atomic E-state index is 0.244. The molecule has 0 spiro atoms. The smallest absolute Gasteiger partial charge is 0.330 e. The van der Waals surface area contributed by atoms with Gasteiger partial charge in [-0.15, -0.1) is 0 Å². The van der Waals surface area contributed by atoms with E-state index in [9.17, 15) is 4.79 Å². The first-order valence-electron chi connectivity index (χ1n) is 4.41. The average Bonchev–Trinajstić information content (AvgIpc) is 2.53. The van der Waals surface area contributed by atoms with Crippen LogP contribution < -0.4 is 5.32 Å². The number of rotatable bonds is 3. The fraction of sp³-hybridized carbons (Fsp3) is 0.667. The molecule has 0 saturated carbocycles. The highest BCUT2D eigenvalue weighted by molar-refractivity contribution is 5.81. The molecule has 0 aliphatic carbocycles. The Labute approximate surface area is 72.8 Å². The highest BCUT2D eigenvalue weighted by Gasteiger charge is 2.10. The van der Waals surface area contributed by atoms with Gasteiger partial charge in [-0.1, -0.05) is 6.08 Å². The molecule has 3 nitrogen and oxygen atoms in total. The summed E-state index contributed by atoms with van der Waals surface area (Å²) in [6.07, 6.45) is 5.70. The fourth-order valence-electron chi connectivity index (χ4n) is 1.26. The summed E-state index contributed by atoms with van der Waals surface area (Å²) in [5, 5.41) is 3.26. The third-order valence-corrected chi connectivity index (χ3v) is 1.85. The topological polar surface area (TPSA) is 38.3 Å². The van der Waals surface area contributed by atoms with Gasteiger partial charge < -0.3 is 10.1 Å². The standard InChI is InChI=1S/C9H15NO2/c1-2-12-9(11)6-5-8-4-3-7-10-8/h5-6,8,10H,2-4,7H2,1H3/t8-/m0/s1. The molecule has 1 atom stereocenters. The molecule has 1 fully saturated rings. The zero-order chi connectivity index (χ0) is 8.81. The average molecular weight is 169 g/mol. The van der Waals surface area contributed by atoms with Crippen molar-refractivity contribution in [3.63, 3.8) is 0 Å². The highest BCUT2D eigenvalue weighted by atomic mass is 16.5. The van der Waals surface area contributed by atoms with Crippen molar-refractivity contribution < 1.29 is 9.53 Å². The van der Waals surface area contributed by atoms with E-state index in [1.165, 1.54) is 12.5 Å². The first kappa shape index (κ1) is 9.26. The molecule has 3 heteroatoms. The van der Waals surface area contributed by atoms with Crippen LogP contribution in [0, 0.1) is 0 Å². The van der Waals surface area contributed by atoms with Crippen LogP contribution in [0.1, 0.15) is 19.8 Å². The molecule has 12 heavy (non-hydrogen) atoms. The van der Waals surface area contributed by atoms with Crippen LogP contribution in [0.3, 0.4) is 0 Å². The predicted molar refractivity (Wildman–Crippen MR) is 46.8 cm³/mol. The van der Waals surface area contributed by atoms with Gasteiger partial charge in [0.05, 0.1) is 6.61 Å². The highest BCUT2D eigenvalue weighted by Crippen LogP contribution is 2.05. The Bertz CT molecular complexity index is 171. The van der Waals surface area contributed by atoms with E-state index >= 15 is 0 Å². The summed E-state index contributed by atoms with van der Waals surface area (Å²) < 4.78 is 4.75. The van der Waals surface area contributed by atoms with Gasteiger partial charge in [0, 0.05) is 12.1 Å². The lowest BCUT2D eigenvalue weighted by atomic mass is 10.2. The Morgan fingerprint density at radius 3 is 3.17 bits per heavy atom. The van der Waals surface area contributed by atoms with Gasteiger partial charge in [0.25, 0.3) is 0 Å². The van der Waals surface area contributed by atoms with E-state index < -0.39 is 0 Å². The maximum atomic E-state index is 10.9. The van der Waals surface area contributed by atoms with Crippen LogP contribution in [0.4, 0.5) is 0 Å². The van der Waals surface area contributed by atoms with Crippen molar-refractivity contribution in [1.29, 1.82) is 0 Å². The first-order chi connectivity index (χ1) is 5.83. The van der Waals surface area contributed by atoms with E-state index in [-0.39, 0.29) is 5.97 Å². The second-order valence-corrected chi connectivity index (χ2v) is 2.81. The Morgan fingerprint density at radius 2 is 2.58 bits per heavy atom. The Hall–Kier alpha value is -0.830. The second kappa shape index (κ2) is 4.93. The maximum absolute atomic E-state index is 10.9. The lowest BCUT2D eigenvalue weighted by Gasteiger charge is -2.01. The van der Waals surface area contributed by atoms with Gasteiger partial charge in [-0.05, 0) is 26.3 Å². The lowest BCUT2D eigenvalue weighted by molar-refractivity contribution is -0.137. The summed E-state index contributed by atoms with van der Waals surface area (Å²) >= 11 is 0. The molecule has 1 saturated heterocycles. The van der Waals surface area contributed by atoms with Crippen molar-refractivity contribution in [2.45, 2.75) is 25.8 Å². The van der Waals surface area contributed by atoms with Gasteiger partial charge in [0.1, 0.15) is 0 Å². The second-order valence-electron chi connectivity index (χ2n) is 2.81. The minimum atomic E-state index is -0.244. The van der Waals surface area contributed by atoms with E-state index in [0.29, 0.717) is 12.6 Å². The van der Waals surface area contributed by atoms with Crippen molar-refractivity contribution in [2.24, 2.45) is 0 Å². The Balaban J connectivity index is 2.23. The SMILES string of the molecule is CCOC(=O)C=C[C@@H]1CCCN1. The van der Waals surface area contributed by atoms with E-state index in [0.717, 1.165) is 13.0 Å². The van der Waals surface area contributed by atoms with Crippen LogP contribution in [-0.4, -0.2) is 25.2 Å². The number of esters is 1. The predicted octanol–water partition coefficient (Wildman–Crippen LogP) is 0.858. The summed E-state index contributed by atoms with van der Waals surface area (Å²) in [6.45, 7) is 3.30. The maximum Gasteiger partial charge on any atom is 0.330 e. The van der Waals surface area contributed by atoms with Gasteiger partial charge >= 0.3 is 5.97 Å². The lowest BCUT2D eigenvalue weighted by Crippen LogP contribution is -2.18. The zero-order valence-electron chi connectivity index (χ0n) is 7.38. The van der Waals surface area contributed by atoms with Gasteiger partial charge in [-0.3, -0.25) is 0 Å². The summed E-state index contributed by atoms with van der Waals surface area (Å²) in [7, 11) is 0. The summed E-state index contributed by atoms with van der Waals surface area (Å²) in [6, 6.07) is 0.370. The molecule has 1 N–H and O–H groups in total. The van der Waals surface area contributed by atoms with Gasteiger partial charge in [0.2, 0.25) is 0 Å². The van der Waals surface area contributed by atoms with Crippen molar-refractivity contribution in [2.75, 3.05) is 13.2 Å². The fourth-order valence-corrected chi connectivity index (χ4v) is 1.26. The molecule has 0 amide bonds. The summed E-state index contributed by atoms with van der Waals surface area (Å²) in [5.41, 5.74) is 0. The Morgan fingerprint density at radius 1 is 1.75 bits per heavy atom. The van der Waals surface area contributed by atoms with Crippen LogP contribution in [0.25, 0.3) is 0 Å². The van der Waals surface area contributed by atoms with Crippen molar-refractivity contribution in [1.82, 2.24) is 5.32 Å². The van der Waals surface area contributed by atoms with Gasteiger partial charge in [0.15, 0.2) is 0 Å². The van der Waals surface area contributed by atoms with Crippen LogP contribution in [0.2, 0.25) is 0 Å². The zero-order valence-corrected chi connectivity index (χ0v) is 7.38. The third-order valence-electron chi connectivity index (χ3n) is 1.85. The molecule has 0 aromatic rings. The molecule has 0 aromatic carbocycles. The first-order valence-corrected chi connectivity index (χ1v) is 4.41. The minimum Gasteiger partial charge on any atom is -0.463 e. The van der Waals surface area contributed by atoms with Crippen LogP contribution in [-0.2, 0) is 9.53 Å². The van der Waals surface area contributed by atoms with Crippen LogP contribution in [0.5, 0.6) is 0 Å². The van der Waals surface area contributed by atoms with Crippen LogP contribution >= 0.6 is 0 Å². The summed E-state index contributed by atoms with van der Waals surface area (Å²) in [4.78, 5) is 10.9. The molecular formula is C9H15NO2. The number of nitrogens with one attached hydrogen (secondary N) is 1. The molecule has 1 aliphatic heterocycles. The molecule has 1 heterocycles. The number of carbonyl (C=O) groups is 1. The molecule has 0 aromatic heterocycles. The molecule has 68 valence electrons. The van der Waals surface area contributed by atoms with Crippen molar-refractivity contribution >= 4 is 5.97 Å². The quantitative estimate of drug-likeness (QED) is 0.503. The summed E-state index contributed by atoms with van der Waals surface area (Å²) in [5.74, 6) is -0.244. The number of carbonyl (C=O) groups excluding carboxylic acids is 1. The molecule has 0 bridgehead atoms. The van der Waals surface area contributed by atoms with E-state index in [2.05, 4.69) is 5.32 Å². The van der Waals surface area contributed by atoms with Gasteiger partial charge in [-0.25, -0.2) is 4.79 Å². The normalized spacial score (nSPS) is 23.2. The molecule has 0 unspecified atom stereocenters. The largest absolute Gasteiger partial charge is 0.463 e. The Kier molecular flexibility index (Phi) is 3.80. The molecule has 1 rings (SSSR count). The molecule has 0 radical (unpaired) electrons. The van der Waals surface area contributed by atoms with E-state index in [1.54, 1.807) is 6.92 Å². The number of hydrogen-bond acceptors (Lipinski definition) is 3. The number of ether oxygens (including phenoxy) is 1. The van der Waals surface area contributed by atoms with Crippen molar-refractivity contribution in [3.05, 3.63) is 12.2 Å². The van der Waals surface area contributed by atoms with E-state index in [1.807, 2.05) is 6.08 Å². The van der Waals surface area contributed by atoms with Gasteiger partial charge in [-0.2, -0.15) is 0 Å². The molecular weight excluding hydrogens is 154 g/mol. The monoisotopic (exact) mass is 169 g/mol. The number of hydrogen-bond donors (Lipinski definition) is 1. The molecule has 1 aliphatic rings. The van der Waals surface area contributed by atoms with Crippen LogP contribution in [0.15, 0.2) is 12.2 Å². The van der Waals surface area contributed by atoms with E-state index in [4.69, 9.17) is 4.74 Å². The third kappa shape index (κ3) is 3.05.